The summed E-state index contributed by atoms with van der Waals surface area (Å²) in [6.45, 7) is 5.53. The molecule has 1 aliphatic rings. The number of benzene rings is 2. The molecule has 1 saturated heterocycles. The molecule has 1 fully saturated rings. The summed E-state index contributed by atoms with van der Waals surface area (Å²) >= 11 is 0.845. The molecule has 0 unspecified atom stereocenters. The smallest absolute Gasteiger partial charge is 0.294 e. The molecule has 8 heteroatoms. The van der Waals surface area contributed by atoms with Crippen LogP contribution in [-0.2, 0) is 9.59 Å². The van der Waals surface area contributed by atoms with Crippen molar-refractivity contribution in [1.29, 1.82) is 0 Å². The van der Waals surface area contributed by atoms with E-state index >= 15 is 0 Å². The monoisotopic (exact) mass is 475 g/mol. The number of anilines is 1. The van der Waals surface area contributed by atoms with Crippen LogP contribution in [0.25, 0.3) is 11.8 Å². The van der Waals surface area contributed by atoms with Gasteiger partial charge in [0.1, 0.15) is 12.3 Å². The fraction of sp³-hybridized carbons (Fsp3) is 0.192. The summed E-state index contributed by atoms with van der Waals surface area (Å²) < 4.78 is 7.31. The fourth-order valence-corrected chi connectivity index (χ4v) is 4.74. The molecule has 3 amide bonds. The van der Waals surface area contributed by atoms with E-state index in [9.17, 15) is 14.4 Å². The maximum atomic E-state index is 12.9. The number of nitrogens with zero attached hydrogens (tertiary/aromatic N) is 2. The molecule has 7 nitrogen and oxygen atoms in total. The van der Waals surface area contributed by atoms with Crippen LogP contribution in [0.4, 0.5) is 10.5 Å². The predicted octanol–water partition coefficient (Wildman–Crippen LogP) is 5.09. The third-order valence-electron chi connectivity index (χ3n) is 5.56. The number of hydrogen-bond acceptors (Lipinski definition) is 5. The van der Waals surface area contributed by atoms with Crippen molar-refractivity contribution >= 4 is 40.6 Å². The Morgan fingerprint density at radius 2 is 1.79 bits per heavy atom. The standard InChI is InChI=1S/C26H25N3O4S/c1-16-6-5-7-20(12-16)27-24(30)15-28-25(31)23(34-26(28)32)14-19-13-17(2)29(18(19)3)21-8-10-22(33-4)11-9-21/h5-14H,15H2,1-4H3,(H,27,30)/b23-14-. The molecular formula is C26H25N3O4S. The van der Waals surface area contributed by atoms with Crippen molar-refractivity contribution in [2.75, 3.05) is 19.0 Å². The van der Waals surface area contributed by atoms with Crippen molar-refractivity contribution in [3.8, 4) is 11.4 Å². The van der Waals surface area contributed by atoms with Crippen LogP contribution in [-0.4, -0.2) is 40.2 Å². The summed E-state index contributed by atoms with van der Waals surface area (Å²) in [4.78, 5) is 39.1. The van der Waals surface area contributed by atoms with E-state index in [4.69, 9.17) is 4.74 Å². The Bertz CT molecular complexity index is 1310. The van der Waals surface area contributed by atoms with Gasteiger partial charge in [0, 0.05) is 22.8 Å². The number of rotatable bonds is 6. The van der Waals surface area contributed by atoms with Crippen LogP contribution >= 0.6 is 11.8 Å². The molecule has 1 aromatic heterocycles. The maximum absolute atomic E-state index is 12.9. The predicted molar refractivity (Wildman–Crippen MR) is 134 cm³/mol. The van der Waals surface area contributed by atoms with E-state index in [0.717, 1.165) is 50.6 Å². The van der Waals surface area contributed by atoms with Crippen molar-refractivity contribution in [3.63, 3.8) is 0 Å². The molecular weight excluding hydrogens is 450 g/mol. The third kappa shape index (κ3) is 4.77. The molecule has 2 aromatic carbocycles. The van der Waals surface area contributed by atoms with E-state index in [1.54, 1.807) is 19.3 Å². The second-order valence-electron chi connectivity index (χ2n) is 8.05. The first-order valence-corrected chi connectivity index (χ1v) is 11.5. The molecule has 1 N–H and O–H groups in total. The summed E-state index contributed by atoms with van der Waals surface area (Å²) in [7, 11) is 1.62. The zero-order valence-electron chi connectivity index (χ0n) is 19.4. The van der Waals surface area contributed by atoms with Gasteiger partial charge in [0.05, 0.1) is 12.0 Å². The first-order chi connectivity index (χ1) is 16.3. The molecule has 2 heterocycles. The van der Waals surface area contributed by atoms with E-state index in [1.807, 2.05) is 69.3 Å². The van der Waals surface area contributed by atoms with Gasteiger partial charge < -0.3 is 14.6 Å². The number of nitrogens with one attached hydrogen (secondary N) is 1. The van der Waals surface area contributed by atoms with Gasteiger partial charge in [0.25, 0.3) is 11.1 Å². The topological polar surface area (TPSA) is 80.6 Å². The zero-order valence-corrected chi connectivity index (χ0v) is 20.2. The molecule has 0 aliphatic carbocycles. The van der Waals surface area contributed by atoms with Gasteiger partial charge in [-0.2, -0.15) is 0 Å². The summed E-state index contributed by atoms with van der Waals surface area (Å²) in [5.74, 6) is -0.123. The number of imide groups is 1. The van der Waals surface area contributed by atoms with E-state index in [2.05, 4.69) is 9.88 Å². The molecule has 0 bridgehead atoms. The molecule has 174 valence electrons. The molecule has 34 heavy (non-hydrogen) atoms. The Hall–Kier alpha value is -3.78. The Kier molecular flexibility index (Phi) is 6.61. The van der Waals surface area contributed by atoms with E-state index < -0.39 is 17.1 Å². The highest BCUT2D eigenvalue weighted by atomic mass is 32.2. The average Bonchev–Trinajstić information content (AvgIpc) is 3.23. The summed E-state index contributed by atoms with van der Waals surface area (Å²) in [5, 5.41) is 2.28. The number of hydrogen-bond donors (Lipinski definition) is 1. The maximum Gasteiger partial charge on any atom is 0.294 e. The quantitative estimate of drug-likeness (QED) is 0.503. The van der Waals surface area contributed by atoms with Crippen LogP contribution in [0.15, 0.2) is 59.5 Å². The molecule has 4 rings (SSSR count). The summed E-state index contributed by atoms with van der Waals surface area (Å²) in [5.41, 5.74) is 5.36. The summed E-state index contributed by atoms with van der Waals surface area (Å²) in [6, 6.07) is 17.0. The number of aryl methyl sites for hydroxylation is 2. The Morgan fingerprint density at radius 3 is 2.47 bits per heavy atom. The highest BCUT2D eigenvalue weighted by Crippen LogP contribution is 2.34. The number of carbonyl (C=O) groups is 3. The highest BCUT2D eigenvalue weighted by Gasteiger charge is 2.36. The van der Waals surface area contributed by atoms with Crippen molar-refractivity contribution in [3.05, 3.63) is 82.0 Å². The van der Waals surface area contributed by atoms with Crippen LogP contribution in [0, 0.1) is 20.8 Å². The minimum atomic E-state index is -0.469. The highest BCUT2D eigenvalue weighted by molar-refractivity contribution is 8.18. The van der Waals surface area contributed by atoms with Gasteiger partial charge in [-0.05, 0) is 92.2 Å². The zero-order chi connectivity index (χ0) is 24.4. The van der Waals surface area contributed by atoms with Gasteiger partial charge in [-0.25, -0.2) is 0 Å². The van der Waals surface area contributed by atoms with Crippen LogP contribution < -0.4 is 10.1 Å². The van der Waals surface area contributed by atoms with Gasteiger partial charge in [-0.1, -0.05) is 12.1 Å². The van der Waals surface area contributed by atoms with Crippen LogP contribution in [0.3, 0.4) is 0 Å². The second-order valence-corrected chi connectivity index (χ2v) is 9.04. The second kappa shape index (κ2) is 9.61. The lowest BCUT2D eigenvalue weighted by Crippen LogP contribution is -2.36. The third-order valence-corrected chi connectivity index (χ3v) is 6.47. The van der Waals surface area contributed by atoms with Crippen molar-refractivity contribution in [1.82, 2.24) is 9.47 Å². The van der Waals surface area contributed by atoms with Gasteiger partial charge >= 0.3 is 0 Å². The number of amides is 3. The normalized spacial score (nSPS) is 14.7. The van der Waals surface area contributed by atoms with Gasteiger partial charge in [-0.15, -0.1) is 0 Å². The Morgan fingerprint density at radius 1 is 1.06 bits per heavy atom. The Labute approximate surface area is 202 Å². The van der Waals surface area contributed by atoms with Crippen molar-refractivity contribution < 1.29 is 19.1 Å². The lowest BCUT2D eigenvalue weighted by atomic mass is 10.2. The molecule has 3 aromatic rings. The largest absolute Gasteiger partial charge is 0.497 e. The SMILES string of the molecule is COc1ccc(-n2c(C)cc(/C=C3\SC(=O)N(CC(=O)Nc4cccc(C)c4)C3=O)c2C)cc1. The first-order valence-electron chi connectivity index (χ1n) is 10.7. The Balaban J connectivity index is 1.52. The number of aromatic nitrogens is 1. The van der Waals surface area contributed by atoms with Crippen LogP contribution in [0.1, 0.15) is 22.5 Å². The van der Waals surface area contributed by atoms with Crippen molar-refractivity contribution in [2.45, 2.75) is 20.8 Å². The fourth-order valence-electron chi connectivity index (χ4n) is 3.91. The molecule has 0 saturated carbocycles. The lowest BCUT2D eigenvalue weighted by molar-refractivity contribution is -0.127. The number of ether oxygens (including phenoxy) is 1. The van der Waals surface area contributed by atoms with E-state index in [0.29, 0.717) is 10.6 Å². The average molecular weight is 476 g/mol. The minimum Gasteiger partial charge on any atom is -0.497 e. The molecule has 0 spiro atoms. The van der Waals surface area contributed by atoms with Crippen LogP contribution in [0.2, 0.25) is 0 Å². The van der Waals surface area contributed by atoms with Gasteiger partial charge in [-0.3, -0.25) is 19.3 Å². The number of thioether (sulfide) groups is 1. The lowest BCUT2D eigenvalue weighted by Gasteiger charge is -2.12. The molecule has 0 atom stereocenters. The van der Waals surface area contributed by atoms with Gasteiger partial charge in [0.2, 0.25) is 5.91 Å². The number of methoxy groups -OCH3 is 1. The van der Waals surface area contributed by atoms with E-state index in [-0.39, 0.29) is 6.54 Å². The minimum absolute atomic E-state index is 0.295. The first kappa shape index (κ1) is 23.4. The summed E-state index contributed by atoms with van der Waals surface area (Å²) in [6.07, 6.45) is 1.71. The molecule has 0 radical (unpaired) electrons. The van der Waals surface area contributed by atoms with Gasteiger partial charge in [0.15, 0.2) is 0 Å². The van der Waals surface area contributed by atoms with Crippen molar-refractivity contribution in [2.24, 2.45) is 0 Å². The molecule has 1 aliphatic heterocycles. The van der Waals surface area contributed by atoms with Crippen LogP contribution in [0.5, 0.6) is 5.75 Å². The number of carbonyl (C=O) groups excluding carboxylic acids is 3. The van der Waals surface area contributed by atoms with E-state index in [1.165, 1.54) is 0 Å².